The number of hydrogen-bond donors (Lipinski definition) is 1. The third-order valence-corrected chi connectivity index (χ3v) is 3.94. The Morgan fingerprint density at radius 3 is 3.00 bits per heavy atom. The monoisotopic (exact) mass is 302 g/mol. The number of pyridine rings is 1. The molecule has 2 aromatic heterocycles. The molecule has 0 spiro atoms. The number of likely N-dealkylation sites (tertiary alicyclic amines) is 1. The minimum atomic E-state index is -0.414. The molecule has 3 rings (SSSR count). The molecule has 1 N–H and O–H groups in total. The molecule has 3 heterocycles. The summed E-state index contributed by atoms with van der Waals surface area (Å²) in [5.41, 5.74) is 1.37. The number of β-amino-alcohol motifs (C(OH)–C–C–N with tert-alkyl or cyclic N) is 1. The van der Waals surface area contributed by atoms with Crippen molar-refractivity contribution in [3.8, 4) is 0 Å². The van der Waals surface area contributed by atoms with E-state index in [1.807, 2.05) is 10.7 Å². The lowest BCUT2D eigenvalue weighted by molar-refractivity contribution is 0.0473. The number of fused-ring (bicyclic) bond motifs is 1. The Labute approximate surface area is 129 Å². The van der Waals surface area contributed by atoms with Crippen molar-refractivity contribution in [3.05, 3.63) is 24.0 Å². The van der Waals surface area contributed by atoms with Gasteiger partial charge in [0.2, 0.25) is 0 Å². The standard InChI is InChI=1S/C16H22N4O2/c1-11(2)9-20-15-12(8-18-20)6-13(7-17-15)16(22)19-5-3-4-14(21)10-19/h6-8,11,14,21H,3-5,9-10H2,1-2H3. The van der Waals surface area contributed by atoms with Gasteiger partial charge in [0.05, 0.1) is 17.9 Å². The molecule has 0 aromatic carbocycles. The van der Waals surface area contributed by atoms with Crippen LogP contribution in [0, 0.1) is 5.92 Å². The number of amides is 1. The van der Waals surface area contributed by atoms with E-state index in [-0.39, 0.29) is 5.91 Å². The molecule has 0 radical (unpaired) electrons. The summed E-state index contributed by atoms with van der Waals surface area (Å²) in [4.78, 5) is 18.6. The molecule has 6 heteroatoms. The second kappa shape index (κ2) is 6.04. The first-order valence-corrected chi connectivity index (χ1v) is 7.83. The number of rotatable bonds is 3. The van der Waals surface area contributed by atoms with Crippen molar-refractivity contribution in [2.24, 2.45) is 5.92 Å². The highest BCUT2D eigenvalue weighted by atomic mass is 16.3. The summed E-state index contributed by atoms with van der Waals surface area (Å²) in [7, 11) is 0. The normalized spacial score (nSPS) is 19.1. The third-order valence-electron chi connectivity index (χ3n) is 3.94. The van der Waals surface area contributed by atoms with Crippen molar-refractivity contribution < 1.29 is 9.90 Å². The van der Waals surface area contributed by atoms with Gasteiger partial charge in [0.15, 0.2) is 5.65 Å². The van der Waals surface area contributed by atoms with E-state index in [2.05, 4.69) is 23.9 Å². The lowest BCUT2D eigenvalue weighted by Crippen LogP contribution is -2.42. The predicted molar refractivity (Wildman–Crippen MR) is 83.5 cm³/mol. The first-order valence-electron chi connectivity index (χ1n) is 7.83. The Balaban J connectivity index is 1.84. The van der Waals surface area contributed by atoms with E-state index in [1.54, 1.807) is 17.3 Å². The van der Waals surface area contributed by atoms with Crippen molar-refractivity contribution in [1.29, 1.82) is 0 Å². The fourth-order valence-electron chi connectivity index (χ4n) is 2.89. The minimum Gasteiger partial charge on any atom is -0.391 e. The second-order valence-corrected chi connectivity index (χ2v) is 6.40. The molecule has 0 bridgehead atoms. The van der Waals surface area contributed by atoms with Crippen LogP contribution in [0.15, 0.2) is 18.5 Å². The summed E-state index contributed by atoms with van der Waals surface area (Å²) in [6.07, 6.45) is 4.57. The van der Waals surface area contributed by atoms with Crippen LogP contribution in [0.1, 0.15) is 37.0 Å². The number of carbonyl (C=O) groups excluding carboxylic acids is 1. The van der Waals surface area contributed by atoms with Crippen LogP contribution in [0.25, 0.3) is 11.0 Å². The van der Waals surface area contributed by atoms with Gasteiger partial charge in [-0.2, -0.15) is 5.10 Å². The predicted octanol–water partition coefficient (Wildman–Crippen LogP) is 1.68. The molecule has 1 fully saturated rings. The molecule has 6 nitrogen and oxygen atoms in total. The molecule has 1 atom stereocenters. The first kappa shape index (κ1) is 15.0. The van der Waals surface area contributed by atoms with Gasteiger partial charge in [0, 0.05) is 31.2 Å². The molecule has 1 aliphatic heterocycles. The van der Waals surface area contributed by atoms with Crippen molar-refractivity contribution in [2.75, 3.05) is 13.1 Å². The molecule has 22 heavy (non-hydrogen) atoms. The first-order chi connectivity index (χ1) is 10.5. The van der Waals surface area contributed by atoms with Crippen molar-refractivity contribution >= 4 is 16.9 Å². The quantitative estimate of drug-likeness (QED) is 0.936. The summed E-state index contributed by atoms with van der Waals surface area (Å²) >= 11 is 0. The van der Waals surface area contributed by atoms with Crippen LogP contribution >= 0.6 is 0 Å². The zero-order valence-electron chi connectivity index (χ0n) is 13.1. The van der Waals surface area contributed by atoms with Crippen LogP contribution in [0.4, 0.5) is 0 Å². The number of hydrogen-bond acceptors (Lipinski definition) is 4. The molecule has 0 aliphatic carbocycles. The Bertz CT molecular complexity index is 680. The molecule has 1 amide bonds. The topological polar surface area (TPSA) is 71.2 Å². The van der Waals surface area contributed by atoms with Gasteiger partial charge in [-0.1, -0.05) is 13.8 Å². The van der Waals surface area contributed by atoms with E-state index >= 15 is 0 Å². The minimum absolute atomic E-state index is 0.0650. The van der Waals surface area contributed by atoms with Crippen LogP contribution in [0.5, 0.6) is 0 Å². The average molecular weight is 302 g/mol. The largest absolute Gasteiger partial charge is 0.391 e. The van der Waals surface area contributed by atoms with Gasteiger partial charge < -0.3 is 10.0 Å². The zero-order chi connectivity index (χ0) is 15.7. The molecule has 1 saturated heterocycles. The van der Waals surface area contributed by atoms with E-state index in [0.29, 0.717) is 24.6 Å². The molecule has 1 aliphatic rings. The van der Waals surface area contributed by atoms with Gasteiger partial charge in [-0.25, -0.2) is 9.67 Å². The summed E-state index contributed by atoms with van der Waals surface area (Å²) in [5, 5.41) is 14.9. The molecule has 2 aromatic rings. The molecule has 118 valence electrons. The Morgan fingerprint density at radius 1 is 1.45 bits per heavy atom. The number of aliphatic hydroxyl groups excluding tert-OH is 1. The summed E-state index contributed by atoms with van der Waals surface area (Å²) in [5.74, 6) is 0.422. The lowest BCUT2D eigenvalue weighted by atomic mass is 10.1. The van der Waals surface area contributed by atoms with Gasteiger partial charge in [0.1, 0.15) is 0 Å². The van der Waals surface area contributed by atoms with Gasteiger partial charge in [-0.3, -0.25) is 4.79 Å². The number of carbonyl (C=O) groups is 1. The maximum absolute atomic E-state index is 12.5. The fourth-order valence-corrected chi connectivity index (χ4v) is 2.89. The van der Waals surface area contributed by atoms with Crippen LogP contribution in [-0.2, 0) is 6.54 Å². The van der Waals surface area contributed by atoms with Crippen LogP contribution in [0.2, 0.25) is 0 Å². The van der Waals surface area contributed by atoms with Crippen LogP contribution < -0.4 is 0 Å². The van der Waals surface area contributed by atoms with Crippen molar-refractivity contribution in [3.63, 3.8) is 0 Å². The average Bonchev–Trinajstić information content (AvgIpc) is 2.88. The smallest absolute Gasteiger partial charge is 0.255 e. The highest BCUT2D eigenvalue weighted by Gasteiger charge is 2.23. The maximum Gasteiger partial charge on any atom is 0.255 e. The molecular formula is C16H22N4O2. The third kappa shape index (κ3) is 2.97. The zero-order valence-corrected chi connectivity index (χ0v) is 13.1. The van der Waals surface area contributed by atoms with Crippen molar-refractivity contribution in [2.45, 2.75) is 39.3 Å². The fraction of sp³-hybridized carbons (Fsp3) is 0.562. The van der Waals surface area contributed by atoms with Crippen LogP contribution in [-0.4, -0.2) is 49.9 Å². The van der Waals surface area contributed by atoms with E-state index in [1.165, 1.54) is 0 Å². The van der Waals surface area contributed by atoms with Gasteiger partial charge in [-0.15, -0.1) is 0 Å². The highest BCUT2D eigenvalue weighted by Crippen LogP contribution is 2.18. The molecular weight excluding hydrogens is 280 g/mol. The number of aromatic nitrogens is 3. The maximum atomic E-state index is 12.5. The number of aliphatic hydroxyl groups is 1. The Morgan fingerprint density at radius 2 is 2.27 bits per heavy atom. The van der Waals surface area contributed by atoms with Crippen LogP contribution in [0.3, 0.4) is 0 Å². The van der Waals surface area contributed by atoms with E-state index in [0.717, 1.165) is 30.4 Å². The number of nitrogens with zero attached hydrogens (tertiary/aromatic N) is 4. The van der Waals surface area contributed by atoms with Gasteiger partial charge >= 0.3 is 0 Å². The Kier molecular flexibility index (Phi) is 4.11. The van der Waals surface area contributed by atoms with E-state index < -0.39 is 6.10 Å². The van der Waals surface area contributed by atoms with Gasteiger partial charge in [0.25, 0.3) is 5.91 Å². The van der Waals surface area contributed by atoms with Gasteiger partial charge in [-0.05, 0) is 24.8 Å². The Hall–Kier alpha value is -1.95. The summed E-state index contributed by atoms with van der Waals surface area (Å²) < 4.78 is 1.87. The highest BCUT2D eigenvalue weighted by molar-refractivity contribution is 5.96. The van der Waals surface area contributed by atoms with E-state index in [9.17, 15) is 9.90 Å². The van der Waals surface area contributed by atoms with E-state index in [4.69, 9.17) is 0 Å². The SMILES string of the molecule is CC(C)Cn1ncc2cc(C(=O)N3CCCC(O)C3)cnc21. The summed E-state index contributed by atoms with van der Waals surface area (Å²) in [6, 6.07) is 1.84. The van der Waals surface area contributed by atoms with Crippen molar-refractivity contribution in [1.82, 2.24) is 19.7 Å². The molecule has 1 unspecified atom stereocenters. The second-order valence-electron chi connectivity index (χ2n) is 6.40. The molecule has 0 saturated carbocycles. The summed E-state index contributed by atoms with van der Waals surface area (Å²) in [6.45, 7) is 6.17. The number of piperidine rings is 1. The lowest BCUT2D eigenvalue weighted by Gasteiger charge is -2.30.